The van der Waals surface area contributed by atoms with Gasteiger partial charge in [0.2, 0.25) is 5.91 Å². The largest absolute Gasteiger partial charge is 0.496 e. The quantitative estimate of drug-likeness (QED) is 0.431. The number of alkyl halides is 7. The van der Waals surface area contributed by atoms with Crippen molar-refractivity contribution in [1.29, 1.82) is 0 Å². The Morgan fingerprint density at radius 3 is 2.50 bits per heavy atom. The number of methoxy groups -OCH3 is 1. The highest BCUT2D eigenvalue weighted by molar-refractivity contribution is 5.98. The van der Waals surface area contributed by atoms with Crippen molar-refractivity contribution >= 4 is 23.1 Å². The minimum absolute atomic E-state index is 0.00707. The number of likely N-dealkylation sites (tertiary alicyclic amines) is 1. The Morgan fingerprint density at radius 1 is 1.18 bits per heavy atom. The number of halogens is 7. The molecule has 1 aromatic carbocycles. The molecule has 0 aliphatic carbocycles. The van der Waals surface area contributed by atoms with E-state index >= 15 is 0 Å². The maximum atomic E-state index is 14.7. The fourth-order valence-corrected chi connectivity index (χ4v) is 4.39. The second-order valence-electron chi connectivity index (χ2n) is 9.30. The van der Waals surface area contributed by atoms with Gasteiger partial charge < -0.3 is 20.7 Å². The standard InChI is InChI=1S/C24H23F7N6O3/c1-11(23(26,27)28)5-19(38)36-8-15(25)16(9-36)35-22(39)13-6-12(3-4-18(13)40-2)17-7-14(24(29,30)31)20-21(32)33-10-34-37(17)20/h3-4,6-7,10-11,15-16H,5,8-9H2,1-2H3,(H,35,39)(H2,32,33,34)/t11?,15-,16+/m0/s1. The van der Waals surface area contributed by atoms with Gasteiger partial charge in [-0.1, -0.05) is 6.92 Å². The molecule has 3 N–H and O–H groups in total. The van der Waals surface area contributed by atoms with E-state index in [2.05, 4.69) is 15.4 Å². The number of ether oxygens (including phenoxy) is 1. The summed E-state index contributed by atoms with van der Waals surface area (Å²) in [6, 6.07) is 3.46. The third-order valence-corrected chi connectivity index (χ3v) is 6.59. The first-order chi connectivity index (χ1) is 18.6. The third-order valence-electron chi connectivity index (χ3n) is 6.59. The van der Waals surface area contributed by atoms with Gasteiger partial charge in [0.05, 0.1) is 42.4 Å². The van der Waals surface area contributed by atoms with Crippen molar-refractivity contribution in [3.8, 4) is 17.0 Å². The molecule has 16 heteroatoms. The summed E-state index contributed by atoms with van der Waals surface area (Å²) in [5, 5.41) is 6.26. The molecule has 1 aliphatic heterocycles. The summed E-state index contributed by atoms with van der Waals surface area (Å²) in [5.74, 6) is -4.13. The van der Waals surface area contributed by atoms with Crippen LogP contribution in [0.5, 0.6) is 5.75 Å². The molecule has 0 bridgehead atoms. The second-order valence-corrected chi connectivity index (χ2v) is 9.30. The van der Waals surface area contributed by atoms with Crippen molar-refractivity contribution in [1.82, 2.24) is 24.8 Å². The SMILES string of the molecule is COc1ccc(-c2cc(C(F)(F)F)c3c(N)ncnn23)cc1C(=O)N[C@@H]1CN(C(=O)CC(C)C(F)(F)F)C[C@@H]1F. The first-order valence-corrected chi connectivity index (χ1v) is 11.8. The average molecular weight is 576 g/mol. The van der Waals surface area contributed by atoms with Gasteiger partial charge in [-0.3, -0.25) is 9.59 Å². The maximum absolute atomic E-state index is 14.7. The molecule has 3 atom stereocenters. The van der Waals surface area contributed by atoms with E-state index in [1.54, 1.807) is 0 Å². The number of rotatable bonds is 6. The van der Waals surface area contributed by atoms with Crippen LogP contribution in [-0.2, 0) is 11.0 Å². The Labute approximate surface area is 222 Å². The Hall–Kier alpha value is -4.11. The van der Waals surface area contributed by atoms with Crippen molar-refractivity contribution < 1.29 is 45.1 Å². The maximum Gasteiger partial charge on any atom is 0.418 e. The first kappa shape index (κ1) is 28.9. The van der Waals surface area contributed by atoms with Crippen LogP contribution < -0.4 is 15.8 Å². The number of benzene rings is 1. The van der Waals surface area contributed by atoms with Crippen molar-refractivity contribution in [3.63, 3.8) is 0 Å². The van der Waals surface area contributed by atoms with Crippen molar-refractivity contribution in [3.05, 3.63) is 41.7 Å². The molecule has 0 radical (unpaired) electrons. The molecule has 0 spiro atoms. The van der Waals surface area contributed by atoms with Crippen LogP contribution in [0.15, 0.2) is 30.6 Å². The summed E-state index contributed by atoms with van der Waals surface area (Å²) in [6.07, 6.45) is -11.1. The molecule has 9 nitrogen and oxygen atoms in total. The monoisotopic (exact) mass is 576 g/mol. The zero-order valence-corrected chi connectivity index (χ0v) is 21.0. The lowest BCUT2D eigenvalue weighted by Crippen LogP contribution is -2.42. The highest BCUT2D eigenvalue weighted by Gasteiger charge is 2.42. The van der Waals surface area contributed by atoms with Crippen molar-refractivity contribution in [2.75, 3.05) is 25.9 Å². The second kappa shape index (κ2) is 10.5. The number of nitrogens with one attached hydrogen (secondary N) is 1. The van der Waals surface area contributed by atoms with Gasteiger partial charge in [-0.25, -0.2) is 13.9 Å². The van der Waals surface area contributed by atoms with Gasteiger partial charge >= 0.3 is 12.4 Å². The summed E-state index contributed by atoms with van der Waals surface area (Å²) in [4.78, 5) is 29.9. The molecule has 3 aromatic rings. The zero-order chi connectivity index (χ0) is 29.6. The lowest BCUT2D eigenvalue weighted by molar-refractivity contribution is -0.176. The summed E-state index contributed by atoms with van der Waals surface area (Å²) in [5.41, 5.74) is 3.95. The summed E-state index contributed by atoms with van der Waals surface area (Å²) in [6.45, 7) is -0.0402. The number of amides is 2. The lowest BCUT2D eigenvalue weighted by atomic mass is 10.1. The minimum Gasteiger partial charge on any atom is -0.496 e. The average Bonchev–Trinajstić information content (AvgIpc) is 3.45. The van der Waals surface area contributed by atoms with Gasteiger partial charge in [-0.05, 0) is 24.3 Å². The van der Waals surface area contributed by atoms with E-state index in [1.807, 2.05) is 0 Å². The number of nitrogen functional groups attached to an aromatic ring is 1. The number of carbonyl (C=O) groups excluding carboxylic acids is 2. The number of carbonyl (C=O) groups is 2. The van der Waals surface area contributed by atoms with Crippen LogP contribution in [0.4, 0.5) is 36.6 Å². The van der Waals surface area contributed by atoms with Gasteiger partial charge in [0, 0.05) is 18.5 Å². The van der Waals surface area contributed by atoms with E-state index in [-0.39, 0.29) is 29.1 Å². The van der Waals surface area contributed by atoms with Crippen LogP contribution in [0.2, 0.25) is 0 Å². The molecule has 2 aromatic heterocycles. The van der Waals surface area contributed by atoms with E-state index < -0.39 is 72.2 Å². The fraction of sp³-hybridized carbons (Fsp3) is 0.417. The van der Waals surface area contributed by atoms with Crippen LogP contribution in [0, 0.1) is 5.92 Å². The predicted octanol–water partition coefficient (Wildman–Crippen LogP) is 3.87. The highest BCUT2D eigenvalue weighted by atomic mass is 19.4. The van der Waals surface area contributed by atoms with Crippen LogP contribution in [0.3, 0.4) is 0 Å². The molecular formula is C24H23F7N6O3. The topological polar surface area (TPSA) is 115 Å². The minimum atomic E-state index is -4.80. The van der Waals surface area contributed by atoms with Crippen molar-refractivity contribution in [2.45, 2.75) is 37.9 Å². The van der Waals surface area contributed by atoms with Gasteiger partial charge in [0.25, 0.3) is 5.91 Å². The highest BCUT2D eigenvalue weighted by Crippen LogP contribution is 2.39. The van der Waals surface area contributed by atoms with Gasteiger partial charge in [-0.15, -0.1) is 0 Å². The van der Waals surface area contributed by atoms with Crippen LogP contribution in [0.25, 0.3) is 16.8 Å². The summed E-state index contributed by atoms with van der Waals surface area (Å²) in [7, 11) is 1.24. The zero-order valence-electron chi connectivity index (χ0n) is 21.0. The van der Waals surface area contributed by atoms with Crippen molar-refractivity contribution in [2.24, 2.45) is 5.92 Å². The molecule has 1 unspecified atom stereocenters. The summed E-state index contributed by atoms with van der Waals surface area (Å²) >= 11 is 0. The lowest BCUT2D eigenvalue weighted by Gasteiger charge is -2.20. The smallest absolute Gasteiger partial charge is 0.418 e. The van der Waals surface area contributed by atoms with Crippen LogP contribution in [0.1, 0.15) is 29.3 Å². The summed E-state index contributed by atoms with van der Waals surface area (Å²) < 4.78 is 100. The van der Waals surface area contributed by atoms with E-state index in [1.165, 1.54) is 25.3 Å². The van der Waals surface area contributed by atoms with E-state index in [4.69, 9.17) is 10.5 Å². The Kier molecular flexibility index (Phi) is 7.56. The van der Waals surface area contributed by atoms with Gasteiger partial charge in [-0.2, -0.15) is 31.4 Å². The molecule has 4 rings (SSSR count). The number of fused-ring (bicyclic) bond motifs is 1. The third kappa shape index (κ3) is 5.60. The van der Waals surface area contributed by atoms with E-state index in [9.17, 15) is 40.3 Å². The molecular weight excluding hydrogens is 553 g/mol. The Balaban J connectivity index is 1.60. The molecule has 0 saturated carbocycles. The number of nitrogens with two attached hydrogens (primary N) is 1. The Bertz CT molecular complexity index is 1440. The van der Waals surface area contributed by atoms with Gasteiger partial charge in [0.1, 0.15) is 23.8 Å². The van der Waals surface area contributed by atoms with E-state index in [0.29, 0.717) is 0 Å². The van der Waals surface area contributed by atoms with Gasteiger partial charge in [0.15, 0.2) is 5.82 Å². The molecule has 40 heavy (non-hydrogen) atoms. The molecule has 3 heterocycles. The molecule has 216 valence electrons. The molecule has 1 fully saturated rings. The number of anilines is 1. The van der Waals surface area contributed by atoms with Crippen LogP contribution >= 0.6 is 0 Å². The normalized spacial score (nSPS) is 18.7. The van der Waals surface area contributed by atoms with E-state index in [0.717, 1.165) is 28.7 Å². The fourth-order valence-electron chi connectivity index (χ4n) is 4.39. The Morgan fingerprint density at radius 2 is 1.88 bits per heavy atom. The first-order valence-electron chi connectivity index (χ1n) is 11.8. The number of hydrogen-bond donors (Lipinski definition) is 2. The molecule has 1 saturated heterocycles. The number of nitrogens with zero attached hydrogens (tertiary/aromatic N) is 4. The molecule has 1 aliphatic rings. The number of aromatic nitrogens is 3. The molecule has 2 amide bonds. The van der Waals surface area contributed by atoms with Crippen LogP contribution in [-0.4, -0.2) is 69.9 Å². The number of hydrogen-bond acceptors (Lipinski definition) is 6. The predicted molar refractivity (Wildman–Crippen MR) is 127 cm³/mol.